The fraction of sp³-hybridized carbons (Fsp3) is 0.0909. The number of aryl methyl sites for hydroxylation is 1. The molecule has 0 spiro atoms. The molecule has 1 heterocycles. The Morgan fingerprint density at radius 1 is 1.39 bits per heavy atom. The van der Waals surface area contributed by atoms with E-state index < -0.39 is 11.8 Å². The number of benzene rings is 1. The molecular weight excluding hydrogens is 236 g/mol. The second kappa shape index (κ2) is 4.28. The van der Waals surface area contributed by atoms with Crippen LogP contribution in [0.3, 0.4) is 0 Å². The van der Waals surface area contributed by atoms with E-state index in [1.807, 2.05) is 13.0 Å². The summed E-state index contributed by atoms with van der Waals surface area (Å²) in [5, 5.41) is 16.9. The average molecular weight is 246 g/mol. The number of nitrogens with two attached hydrogens (primary N) is 1. The zero-order valence-electron chi connectivity index (χ0n) is 9.47. The van der Waals surface area contributed by atoms with Gasteiger partial charge in [0.25, 0.3) is 0 Å². The van der Waals surface area contributed by atoms with Gasteiger partial charge in [0, 0.05) is 5.39 Å². The Hall–Kier alpha value is -2.70. The Morgan fingerprint density at radius 2 is 2.11 bits per heavy atom. The lowest BCUT2D eigenvalue weighted by Crippen LogP contribution is -2.20. The molecule has 2 rings (SSSR count). The van der Waals surface area contributed by atoms with E-state index in [9.17, 15) is 14.7 Å². The molecule has 0 atom stereocenters. The van der Waals surface area contributed by atoms with Crippen LogP contribution >= 0.6 is 0 Å². The number of carbonyl (C=O) groups excluding carboxylic acids is 2. The number of H-pyrrole nitrogens is 1. The highest BCUT2D eigenvalue weighted by atomic mass is 16.3. The van der Waals surface area contributed by atoms with Crippen molar-refractivity contribution in [2.75, 3.05) is 0 Å². The topological polar surface area (TPSA) is 121 Å². The van der Waals surface area contributed by atoms with Crippen LogP contribution in [-0.2, 0) is 9.59 Å². The number of fused-ring (bicyclic) bond motifs is 1. The van der Waals surface area contributed by atoms with Crippen LogP contribution in [0.2, 0.25) is 0 Å². The van der Waals surface area contributed by atoms with E-state index >= 15 is 0 Å². The first kappa shape index (κ1) is 11.8. The number of aromatic nitrogens is 1. The van der Waals surface area contributed by atoms with Crippen LogP contribution in [0, 0.1) is 6.92 Å². The number of aromatic hydroxyl groups is 1. The number of carbonyl (C=O) groups is 2. The van der Waals surface area contributed by atoms with Crippen molar-refractivity contribution < 1.29 is 14.7 Å². The number of azo groups is 1. The van der Waals surface area contributed by atoms with E-state index in [0.717, 1.165) is 5.56 Å². The van der Waals surface area contributed by atoms with Gasteiger partial charge in [-0.05, 0) is 19.1 Å². The van der Waals surface area contributed by atoms with Gasteiger partial charge in [0.2, 0.25) is 5.88 Å². The minimum atomic E-state index is -1.20. The zero-order valence-corrected chi connectivity index (χ0v) is 9.47. The maximum absolute atomic E-state index is 10.9. The van der Waals surface area contributed by atoms with E-state index in [0.29, 0.717) is 10.9 Å². The maximum atomic E-state index is 10.9. The van der Waals surface area contributed by atoms with E-state index in [1.165, 1.54) is 0 Å². The third kappa shape index (κ3) is 2.05. The summed E-state index contributed by atoms with van der Waals surface area (Å²) >= 11 is 0. The molecule has 0 saturated carbocycles. The predicted molar refractivity (Wildman–Crippen MR) is 63.4 cm³/mol. The van der Waals surface area contributed by atoms with Crippen molar-refractivity contribution >= 4 is 28.4 Å². The van der Waals surface area contributed by atoms with Crippen LogP contribution < -0.4 is 5.73 Å². The van der Waals surface area contributed by atoms with Crippen LogP contribution in [-0.4, -0.2) is 21.9 Å². The van der Waals surface area contributed by atoms with Gasteiger partial charge in [0.1, 0.15) is 0 Å². The third-order valence-corrected chi connectivity index (χ3v) is 2.36. The minimum absolute atomic E-state index is 0.100. The molecule has 0 saturated heterocycles. The lowest BCUT2D eigenvalue weighted by atomic mass is 10.2. The molecular formula is C11H10N4O3. The number of primary amides is 1. The lowest BCUT2D eigenvalue weighted by Gasteiger charge is -1.93. The number of amides is 2. The first-order valence-corrected chi connectivity index (χ1v) is 5.06. The Labute approximate surface area is 101 Å². The fourth-order valence-electron chi connectivity index (χ4n) is 1.52. The molecule has 4 N–H and O–H groups in total. The second-order valence-corrected chi connectivity index (χ2v) is 3.74. The molecule has 2 aromatic rings. The molecule has 0 unspecified atom stereocenters. The minimum Gasteiger partial charge on any atom is -0.493 e. The normalized spacial score (nSPS) is 11.2. The fourth-order valence-corrected chi connectivity index (χ4v) is 1.52. The van der Waals surface area contributed by atoms with Gasteiger partial charge in [-0.2, -0.15) is 0 Å². The van der Waals surface area contributed by atoms with Gasteiger partial charge in [0.15, 0.2) is 5.69 Å². The molecule has 92 valence electrons. The second-order valence-electron chi connectivity index (χ2n) is 3.74. The average Bonchev–Trinajstić information content (AvgIpc) is 2.61. The molecule has 0 aliphatic carbocycles. The van der Waals surface area contributed by atoms with Gasteiger partial charge in [-0.1, -0.05) is 11.6 Å². The van der Waals surface area contributed by atoms with Crippen molar-refractivity contribution in [3.05, 3.63) is 23.8 Å². The highest BCUT2D eigenvalue weighted by molar-refractivity contribution is 6.34. The summed E-state index contributed by atoms with van der Waals surface area (Å²) in [5.74, 6) is -2.60. The number of nitrogens with one attached hydrogen (secondary N) is 1. The number of aromatic amines is 1. The van der Waals surface area contributed by atoms with E-state index in [1.54, 1.807) is 12.1 Å². The van der Waals surface area contributed by atoms with Crippen LogP contribution in [0.1, 0.15) is 5.56 Å². The molecule has 0 bridgehead atoms. The third-order valence-electron chi connectivity index (χ3n) is 2.36. The predicted octanol–water partition coefficient (Wildman–Crippen LogP) is 1.28. The van der Waals surface area contributed by atoms with Gasteiger partial charge >= 0.3 is 11.8 Å². The number of hydrogen-bond donors (Lipinski definition) is 3. The van der Waals surface area contributed by atoms with Crippen molar-refractivity contribution in [2.24, 2.45) is 16.0 Å². The van der Waals surface area contributed by atoms with E-state index in [4.69, 9.17) is 5.73 Å². The molecule has 1 aromatic carbocycles. The molecule has 18 heavy (non-hydrogen) atoms. The molecule has 0 aliphatic rings. The Bertz CT molecular complexity index is 672. The molecule has 2 amide bonds. The van der Waals surface area contributed by atoms with Crippen LogP contribution in [0.4, 0.5) is 5.69 Å². The van der Waals surface area contributed by atoms with E-state index in [-0.39, 0.29) is 11.6 Å². The number of hydrogen-bond acceptors (Lipinski definition) is 4. The number of nitrogens with zero attached hydrogens (tertiary/aromatic N) is 2. The van der Waals surface area contributed by atoms with Gasteiger partial charge in [0.05, 0.1) is 5.52 Å². The monoisotopic (exact) mass is 246 g/mol. The summed E-state index contributed by atoms with van der Waals surface area (Å²) in [7, 11) is 0. The molecule has 7 nitrogen and oxygen atoms in total. The summed E-state index contributed by atoms with van der Waals surface area (Å²) in [6.45, 7) is 1.87. The maximum Gasteiger partial charge on any atom is 0.353 e. The first-order chi connectivity index (χ1) is 8.49. The Kier molecular flexibility index (Phi) is 2.80. The highest BCUT2D eigenvalue weighted by Crippen LogP contribution is 2.35. The van der Waals surface area contributed by atoms with Crippen LogP contribution in [0.5, 0.6) is 5.88 Å². The summed E-state index contributed by atoms with van der Waals surface area (Å²) in [6.07, 6.45) is 0. The Balaban J connectivity index is 2.50. The van der Waals surface area contributed by atoms with Gasteiger partial charge < -0.3 is 15.8 Å². The molecule has 0 fully saturated rings. The molecule has 1 aromatic heterocycles. The zero-order chi connectivity index (χ0) is 13.3. The van der Waals surface area contributed by atoms with Crippen molar-refractivity contribution in [1.29, 1.82) is 0 Å². The summed E-state index contributed by atoms with van der Waals surface area (Å²) in [6, 6.07) is 5.39. The largest absolute Gasteiger partial charge is 0.493 e. The standard InChI is InChI=1S/C11H10N4O3/c1-5-2-3-7-6(4-5)8(10(17)13-7)14-15-11(18)9(12)16/h2-4,13,17H,1H3,(H2,12,16). The van der Waals surface area contributed by atoms with Crippen LogP contribution in [0.15, 0.2) is 28.4 Å². The quantitative estimate of drug-likeness (QED) is 0.519. The molecule has 0 radical (unpaired) electrons. The summed E-state index contributed by atoms with van der Waals surface area (Å²) < 4.78 is 0. The van der Waals surface area contributed by atoms with Crippen molar-refractivity contribution in [3.8, 4) is 5.88 Å². The smallest absolute Gasteiger partial charge is 0.353 e. The van der Waals surface area contributed by atoms with Crippen molar-refractivity contribution in [2.45, 2.75) is 6.92 Å². The summed E-state index contributed by atoms with van der Waals surface area (Å²) in [5.41, 5.74) is 6.45. The van der Waals surface area contributed by atoms with Crippen molar-refractivity contribution in [3.63, 3.8) is 0 Å². The Morgan fingerprint density at radius 3 is 2.78 bits per heavy atom. The van der Waals surface area contributed by atoms with Crippen LogP contribution in [0.25, 0.3) is 10.9 Å². The molecule has 0 aliphatic heterocycles. The van der Waals surface area contributed by atoms with Gasteiger partial charge in [-0.25, -0.2) is 0 Å². The number of rotatable bonds is 1. The van der Waals surface area contributed by atoms with E-state index in [2.05, 4.69) is 15.2 Å². The molecule has 7 heteroatoms. The SMILES string of the molecule is Cc1ccc2[nH]c(O)c(N=NC(=O)C(N)=O)c2c1. The van der Waals surface area contributed by atoms with Gasteiger partial charge in [-0.15, -0.1) is 10.2 Å². The highest BCUT2D eigenvalue weighted by Gasteiger charge is 2.12. The first-order valence-electron chi connectivity index (χ1n) is 5.06. The summed E-state index contributed by atoms with van der Waals surface area (Å²) in [4.78, 5) is 24.1. The van der Waals surface area contributed by atoms with Gasteiger partial charge in [-0.3, -0.25) is 9.59 Å². The lowest BCUT2D eigenvalue weighted by molar-refractivity contribution is -0.135. The van der Waals surface area contributed by atoms with Crippen molar-refractivity contribution in [1.82, 2.24) is 4.98 Å².